The number of nitro benzene ring substituents is 1. The van der Waals surface area contributed by atoms with E-state index in [1.165, 1.54) is 18.2 Å². The predicted octanol–water partition coefficient (Wildman–Crippen LogP) is 0.766. The molecular formula is C10H10N4O4S. The van der Waals surface area contributed by atoms with E-state index in [1.54, 1.807) is 6.07 Å². The number of anilines is 1. The number of nitrogens with two attached hydrogens (primary N) is 1. The van der Waals surface area contributed by atoms with Gasteiger partial charge in [0.05, 0.1) is 16.8 Å². The van der Waals surface area contributed by atoms with Crippen LogP contribution in [0.2, 0.25) is 0 Å². The molecule has 2 N–H and O–H groups in total. The smallest absolute Gasteiger partial charge is 0.271 e. The van der Waals surface area contributed by atoms with Crippen molar-refractivity contribution in [3.05, 3.63) is 40.6 Å². The van der Waals surface area contributed by atoms with Crippen LogP contribution in [0.4, 0.5) is 11.5 Å². The van der Waals surface area contributed by atoms with Crippen LogP contribution in [0.5, 0.6) is 0 Å². The standard InChI is InChI=1S/C10H10N4O4S/c1-19(17,18)9-6-12-13(10(9)11)7-3-2-4-8(5-7)14(15)16/h2-6H,11H2,1H3. The Hall–Kier alpha value is -2.42. The zero-order chi connectivity index (χ0) is 14.2. The molecule has 0 aliphatic rings. The third-order valence-electron chi connectivity index (χ3n) is 2.46. The quantitative estimate of drug-likeness (QED) is 0.655. The highest BCUT2D eigenvalue weighted by atomic mass is 32.2. The van der Waals surface area contributed by atoms with Crippen molar-refractivity contribution in [3.8, 4) is 5.69 Å². The van der Waals surface area contributed by atoms with Crippen molar-refractivity contribution in [3.63, 3.8) is 0 Å². The predicted molar refractivity (Wildman–Crippen MR) is 67.7 cm³/mol. The van der Waals surface area contributed by atoms with Crippen molar-refractivity contribution in [2.75, 3.05) is 12.0 Å². The highest BCUT2D eigenvalue weighted by molar-refractivity contribution is 7.90. The molecule has 100 valence electrons. The van der Waals surface area contributed by atoms with Crippen LogP contribution < -0.4 is 5.73 Å². The summed E-state index contributed by atoms with van der Waals surface area (Å²) in [5.74, 6) is -0.0806. The van der Waals surface area contributed by atoms with Gasteiger partial charge in [-0.25, -0.2) is 13.1 Å². The number of rotatable bonds is 3. The molecular weight excluding hydrogens is 272 g/mol. The lowest BCUT2D eigenvalue weighted by Gasteiger charge is -2.04. The summed E-state index contributed by atoms with van der Waals surface area (Å²) >= 11 is 0. The lowest BCUT2D eigenvalue weighted by atomic mass is 10.3. The average Bonchev–Trinajstić information content (AvgIpc) is 2.71. The summed E-state index contributed by atoms with van der Waals surface area (Å²) in [6, 6.07) is 5.59. The molecule has 0 unspecified atom stereocenters. The van der Waals surface area contributed by atoms with Gasteiger partial charge in [-0.15, -0.1) is 0 Å². The third kappa shape index (κ3) is 2.40. The summed E-state index contributed by atoms with van der Waals surface area (Å²) in [5.41, 5.74) is 5.89. The Bertz CT molecular complexity index is 751. The van der Waals surface area contributed by atoms with Crippen LogP contribution in [-0.4, -0.2) is 29.4 Å². The van der Waals surface area contributed by atoms with Crippen molar-refractivity contribution < 1.29 is 13.3 Å². The number of non-ortho nitro benzene ring substituents is 1. The minimum absolute atomic E-state index is 0.0806. The van der Waals surface area contributed by atoms with Crippen molar-refractivity contribution in [2.45, 2.75) is 4.90 Å². The van der Waals surface area contributed by atoms with Gasteiger partial charge in [0.1, 0.15) is 10.7 Å². The van der Waals surface area contributed by atoms with Crippen molar-refractivity contribution in [1.29, 1.82) is 0 Å². The van der Waals surface area contributed by atoms with E-state index in [1.807, 2.05) is 0 Å². The van der Waals surface area contributed by atoms with E-state index in [4.69, 9.17) is 5.73 Å². The number of aromatic nitrogens is 2. The summed E-state index contributed by atoms with van der Waals surface area (Å²) in [5, 5.41) is 14.5. The van der Waals surface area contributed by atoms with E-state index in [-0.39, 0.29) is 16.4 Å². The second kappa shape index (κ2) is 4.35. The first-order valence-electron chi connectivity index (χ1n) is 5.09. The van der Waals surface area contributed by atoms with E-state index >= 15 is 0 Å². The van der Waals surface area contributed by atoms with Crippen LogP contribution >= 0.6 is 0 Å². The number of nitro groups is 1. The largest absolute Gasteiger partial charge is 0.382 e. The summed E-state index contributed by atoms with van der Waals surface area (Å²) in [6.07, 6.45) is 2.13. The van der Waals surface area contributed by atoms with E-state index in [9.17, 15) is 18.5 Å². The SMILES string of the molecule is CS(=O)(=O)c1cnn(-c2cccc([N+](=O)[O-])c2)c1N. The maximum absolute atomic E-state index is 11.4. The molecule has 19 heavy (non-hydrogen) atoms. The second-order valence-electron chi connectivity index (χ2n) is 3.85. The van der Waals surface area contributed by atoms with Gasteiger partial charge < -0.3 is 5.73 Å². The molecule has 1 aromatic carbocycles. The monoisotopic (exact) mass is 282 g/mol. The first-order chi connectivity index (χ1) is 8.80. The molecule has 1 aromatic heterocycles. The number of nitrogens with zero attached hydrogens (tertiary/aromatic N) is 3. The van der Waals surface area contributed by atoms with Crippen molar-refractivity contribution in [1.82, 2.24) is 9.78 Å². The van der Waals surface area contributed by atoms with E-state index in [2.05, 4.69) is 5.10 Å². The highest BCUT2D eigenvalue weighted by Gasteiger charge is 2.18. The number of nitrogen functional groups attached to an aromatic ring is 1. The Balaban J connectivity index is 2.58. The molecule has 0 fully saturated rings. The van der Waals surface area contributed by atoms with Crippen LogP contribution in [0, 0.1) is 10.1 Å². The van der Waals surface area contributed by atoms with Crippen molar-refractivity contribution in [2.24, 2.45) is 0 Å². The van der Waals surface area contributed by atoms with Gasteiger partial charge >= 0.3 is 0 Å². The fourth-order valence-corrected chi connectivity index (χ4v) is 2.28. The van der Waals surface area contributed by atoms with Crippen molar-refractivity contribution >= 4 is 21.3 Å². The molecule has 2 rings (SSSR count). The summed E-state index contributed by atoms with van der Waals surface area (Å²) in [7, 11) is -3.49. The molecule has 8 nitrogen and oxygen atoms in total. The molecule has 0 saturated carbocycles. The Morgan fingerprint density at radius 3 is 2.63 bits per heavy atom. The van der Waals surface area contributed by atoms with Gasteiger partial charge in [0.2, 0.25) is 0 Å². The van der Waals surface area contributed by atoms with Gasteiger partial charge in [0.25, 0.3) is 5.69 Å². The lowest BCUT2D eigenvalue weighted by molar-refractivity contribution is -0.384. The van der Waals surface area contributed by atoms with Crippen LogP contribution in [0.25, 0.3) is 5.69 Å². The summed E-state index contributed by atoms with van der Waals surface area (Å²) < 4.78 is 24.0. The molecule has 1 heterocycles. The number of hydrogen-bond donors (Lipinski definition) is 1. The van der Waals surface area contributed by atoms with Crippen LogP contribution in [0.1, 0.15) is 0 Å². The Labute approximate surface area is 108 Å². The minimum atomic E-state index is -3.49. The fraction of sp³-hybridized carbons (Fsp3) is 0.100. The molecule has 0 aliphatic heterocycles. The van der Waals surface area contributed by atoms with Gasteiger partial charge in [0, 0.05) is 18.4 Å². The molecule has 0 saturated heterocycles. The van der Waals surface area contributed by atoms with Gasteiger partial charge in [-0.1, -0.05) is 6.07 Å². The van der Waals surface area contributed by atoms with Crippen LogP contribution in [0.15, 0.2) is 35.4 Å². The maximum Gasteiger partial charge on any atom is 0.271 e. The molecule has 0 spiro atoms. The third-order valence-corrected chi connectivity index (χ3v) is 3.57. The minimum Gasteiger partial charge on any atom is -0.382 e. The number of sulfone groups is 1. The zero-order valence-corrected chi connectivity index (χ0v) is 10.7. The Kier molecular flexibility index (Phi) is 2.98. The normalized spacial score (nSPS) is 11.4. The van der Waals surface area contributed by atoms with Crippen LogP contribution in [0.3, 0.4) is 0 Å². The topological polar surface area (TPSA) is 121 Å². The van der Waals surface area contributed by atoms with E-state index in [0.29, 0.717) is 5.69 Å². The molecule has 0 bridgehead atoms. The maximum atomic E-state index is 11.4. The molecule has 9 heteroatoms. The highest BCUT2D eigenvalue weighted by Crippen LogP contribution is 2.23. The molecule has 0 radical (unpaired) electrons. The Morgan fingerprint density at radius 2 is 2.11 bits per heavy atom. The van der Waals surface area contributed by atoms with E-state index in [0.717, 1.165) is 17.1 Å². The Morgan fingerprint density at radius 1 is 1.42 bits per heavy atom. The summed E-state index contributed by atoms with van der Waals surface area (Å²) in [6.45, 7) is 0. The second-order valence-corrected chi connectivity index (χ2v) is 5.84. The lowest BCUT2D eigenvalue weighted by Crippen LogP contribution is -2.05. The molecule has 0 amide bonds. The van der Waals surface area contributed by atoms with E-state index < -0.39 is 14.8 Å². The molecule has 0 aliphatic carbocycles. The van der Waals surface area contributed by atoms with Gasteiger partial charge in [-0.3, -0.25) is 10.1 Å². The molecule has 0 atom stereocenters. The van der Waals surface area contributed by atoms with Gasteiger partial charge in [0.15, 0.2) is 9.84 Å². The number of benzene rings is 1. The van der Waals surface area contributed by atoms with Gasteiger partial charge in [-0.2, -0.15) is 5.10 Å². The average molecular weight is 282 g/mol. The summed E-state index contributed by atoms with van der Waals surface area (Å²) in [4.78, 5) is 10.0. The van der Waals surface area contributed by atoms with Crippen LogP contribution in [-0.2, 0) is 9.84 Å². The first kappa shape index (κ1) is 13.0. The first-order valence-corrected chi connectivity index (χ1v) is 6.98. The zero-order valence-electron chi connectivity index (χ0n) is 9.85. The van der Waals surface area contributed by atoms with Gasteiger partial charge in [-0.05, 0) is 6.07 Å². The fourth-order valence-electron chi connectivity index (χ4n) is 1.57. The number of hydrogen-bond acceptors (Lipinski definition) is 6. The molecule has 2 aromatic rings.